The lowest BCUT2D eigenvalue weighted by molar-refractivity contribution is -0.130. The summed E-state index contributed by atoms with van der Waals surface area (Å²) in [6, 6.07) is 0. The van der Waals surface area contributed by atoms with E-state index in [1.165, 1.54) is 6.42 Å². The zero-order valence-corrected chi connectivity index (χ0v) is 13.8. The van der Waals surface area contributed by atoms with Crippen LogP contribution in [0.15, 0.2) is 4.52 Å². The van der Waals surface area contributed by atoms with Gasteiger partial charge in [0.2, 0.25) is 5.91 Å². The van der Waals surface area contributed by atoms with E-state index in [4.69, 9.17) is 4.52 Å². The Morgan fingerprint density at radius 3 is 2.65 bits per heavy atom. The highest BCUT2D eigenvalue weighted by Crippen LogP contribution is 2.50. The molecule has 0 radical (unpaired) electrons. The Balaban J connectivity index is 1.45. The second-order valence-corrected chi connectivity index (χ2v) is 7.71. The number of nitrogens with zero attached hydrogens (tertiary/aromatic N) is 2. The number of hydrogen-bond donors (Lipinski definition) is 0. The number of ketones is 1. The Bertz CT molecular complexity index is 637. The summed E-state index contributed by atoms with van der Waals surface area (Å²) < 4.78 is 5.58. The van der Waals surface area contributed by atoms with E-state index in [1.807, 2.05) is 4.90 Å². The summed E-state index contributed by atoms with van der Waals surface area (Å²) in [4.78, 5) is 25.9. The first-order valence-corrected chi connectivity index (χ1v) is 8.82. The van der Waals surface area contributed by atoms with Crippen molar-refractivity contribution in [1.82, 2.24) is 10.1 Å². The van der Waals surface area contributed by atoms with Gasteiger partial charge in [-0.05, 0) is 43.4 Å². The molecule has 1 aromatic heterocycles. The van der Waals surface area contributed by atoms with E-state index in [1.54, 1.807) is 6.92 Å². The third kappa shape index (κ3) is 2.60. The summed E-state index contributed by atoms with van der Waals surface area (Å²) in [6.07, 6.45) is 7.89. The van der Waals surface area contributed by atoms with Crippen molar-refractivity contribution in [2.45, 2.75) is 58.3 Å². The SMILES string of the molecule is CC(=O)N1CCC(Cc2onc3c2C(=O)CC2(CCC2)C3)CC1. The number of hydrogen-bond acceptors (Lipinski definition) is 4. The van der Waals surface area contributed by atoms with Crippen molar-refractivity contribution in [3.8, 4) is 0 Å². The van der Waals surface area contributed by atoms with E-state index in [-0.39, 0.29) is 17.1 Å². The molecule has 2 fully saturated rings. The number of rotatable bonds is 2. The fraction of sp³-hybridized carbons (Fsp3) is 0.722. The van der Waals surface area contributed by atoms with Crippen molar-refractivity contribution in [1.29, 1.82) is 0 Å². The molecule has 4 rings (SSSR count). The van der Waals surface area contributed by atoms with Gasteiger partial charge in [0.05, 0.1) is 11.3 Å². The molecular weight excluding hydrogens is 292 g/mol. The van der Waals surface area contributed by atoms with Gasteiger partial charge in [0.1, 0.15) is 5.76 Å². The first-order valence-electron chi connectivity index (χ1n) is 8.82. The van der Waals surface area contributed by atoms with Gasteiger partial charge < -0.3 is 9.42 Å². The Kier molecular flexibility index (Phi) is 3.54. The lowest BCUT2D eigenvalue weighted by Gasteiger charge is -2.43. The molecular formula is C18H24N2O3. The highest BCUT2D eigenvalue weighted by atomic mass is 16.5. The predicted octanol–water partition coefficient (Wildman–Crippen LogP) is 2.77. The van der Waals surface area contributed by atoms with Gasteiger partial charge in [-0.2, -0.15) is 0 Å². The minimum absolute atomic E-state index is 0.154. The maximum Gasteiger partial charge on any atom is 0.219 e. The van der Waals surface area contributed by atoms with Crippen LogP contribution < -0.4 is 0 Å². The first-order chi connectivity index (χ1) is 11.1. The van der Waals surface area contributed by atoms with Crippen LogP contribution in [0.2, 0.25) is 0 Å². The normalized spacial score (nSPS) is 23.7. The number of Topliss-reactive ketones (excluding diaryl/α,β-unsaturated/α-hetero) is 1. The van der Waals surface area contributed by atoms with Crippen molar-refractivity contribution < 1.29 is 14.1 Å². The van der Waals surface area contributed by atoms with Crippen molar-refractivity contribution in [3.05, 3.63) is 17.0 Å². The van der Waals surface area contributed by atoms with E-state index in [0.29, 0.717) is 12.3 Å². The number of aromatic nitrogens is 1. The molecule has 0 aromatic carbocycles. The molecule has 1 saturated heterocycles. The number of fused-ring (bicyclic) bond motifs is 1. The molecule has 5 nitrogen and oxygen atoms in total. The molecule has 1 aliphatic heterocycles. The molecule has 0 atom stereocenters. The average Bonchev–Trinajstić information content (AvgIpc) is 2.89. The highest BCUT2D eigenvalue weighted by molar-refractivity contribution is 5.99. The summed E-state index contributed by atoms with van der Waals surface area (Å²) in [5.41, 5.74) is 1.89. The fourth-order valence-electron chi connectivity index (χ4n) is 4.53. The Labute approximate surface area is 136 Å². The second-order valence-electron chi connectivity index (χ2n) is 7.71. The Morgan fingerprint density at radius 2 is 2.04 bits per heavy atom. The Hall–Kier alpha value is -1.65. The minimum Gasteiger partial charge on any atom is -0.360 e. The van der Waals surface area contributed by atoms with E-state index < -0.39 is 0 Å². The van der Waals surface area contributed by atoms with Gasteiger partial charge in [-0.3, -0.25) is 9.59 Å². The third-order valence-electron chi connectivity index (χ3n) is 6.14. The van der Waals surface area contributed by atoms with Crippen LogP contribution in [0.1, 0.15) is 67.3 Å². The van der Waals surface area contributed by atoms with Crippen LogP contribution in [0, 0.1) is 11.3 Å². The number of carbonyl (C=O) groups is 2. The fourth-order valence-corrected chi connectivity index (χ4v) is 4.53. The number of carbonyl (C=O) groups excluding carboxylic acids is 2. The molecule has 1 aromatic rings. The molecule has 3 aliphatic rings. The van der Waals surface area contributed by atoms with Gasteiger partial charge in [-0.1, -0.05) is 11.6 Å². The molecule has 23 heavy (non-hydrogen) atoms. The molecule has 0 unspecified atom stereocenters. The number of piperidine rings is 1. The maximum absolute atomic E-state index is 12.6. The maximum atomic E-state index is 12.6. The van der Waals surface area contributed by atoms with Gasteiger partial charge in [0.15, 0.2) is 5.78 Å². The third-order valence-corrected chi connectivity index (χ3v) is 6.14. The summed E-state index contributed by atoms with van der Waals surface area (Å²) in [5, 5.41) is 4.23. The standard InChI is InChI=1S/C18H24N2O3/c1-12(21)20-7-3-13(4-8-20)9-16-17-14(19-23-16)10-18(5-2-6-18)11-15(17)22/h13H,2-11H2,1H3. The quantitative estimate of drug-likeness (QED) is 0.841. The molecule has 2 aliphatic carbocycles. The molecule has 1 saturated carbocycles. The molecule has 1 spiro atoms. The second kappa shape index (κ2) is 5.46. The van der Waals surface area contributed by atoms with Crippen LogP contribution in [0.5, 0.6) is 0 Å². The van der Waals surface area contributed by atoms with Crippen LogP contribution >= 0.6 is 0 Å². The van der Waals surface area contributed by atoms with E-state index >= 15 is 0 Å². The topological polar surface area (TPSA) is 63.4 Å². The van der Waals surface area contributed by atoms with E-state index in [9.17, 15) is 9.59 Å². The molecule has 0 N–H and O–H groups in total. The monoisotopic (exact) mass is 316 g/mol. The molecule has 2 heterocycles. The van der Waals surface area contributed by atoms with Gasteiger partial charge in [-0.25, -0.2) is 0 Å². The smallest absolute Gasteiger partial charge is 0.219 e. The zero-order valence-electron chi connectivity index (χ0n) is 13.8. The first kappa shape index (κ1) is 14.9. The van der Waals surface area contributed by atoms with Crippen molar-refractivity contribution in [2.24, 2.45) is 11.3 Å². The minimum atomic E-state index is 0.154. The van der Waals surface area contributed by atoms with Gasteiger partial charge >= 0.3 is 0 Å². The number of amides is 1. The van der Waals surface area contributed by atoms with E-state index in [0.717, 1.165) is 68.6 Å². The summed E-state index contributed by atoms with van der Waals surface area (Å²) in [5.74, 6) is 1.67. The van der Waals surface area contributed by atoms with Crippen LogP contribution in [0.3, 0.4) is 0 Å². The molecule has 1 amide bonds. The molecule has 0 bridgehead atoms. The Morgan fingerprint density at radius 1 is 1.30 bits per heavy atom. The van der Waals surface area contributed by atoms with Crippen molar-refractivity contribution in [2.75, 3.05) is 13.1 Å². The summed E-state index contributed by atoms with van der Waals surface area (Å²) in [7, 11) is 0. The highest BCUT2D eigenvalue weighted by Gasteiger charge is 2.45. The van der Waals surface area contributed by atoms with E-state index in [2.05, 4.69) is 5.16 Å². The van der Waals surface area contributed by atoms with Gasteiger partial charge in [0.25, 0.3) is 0 Å². The average molecular weight is 316 g/mol. The lowest BCUT2D eigenvalue weighted by Crippen LogP contribution is -2.38. The van der Waals surface area contributed by atoms with Crippen LogP contribution in [0.4, 0.5) is 0 Å². The zero-order chi connectivity index (χ0) is 16.0. The molecule has 124 valence electrons. The van der Waals surface area contributed by atoms with Gasteiger partial charge in [0, 0.05) is 32.9 Å². The number of likely N-dealkylation sites (tertiary alicyclic amines) is 1. The van der Waals surface area contributed by atoms with Gasteiger partial charge in [-0.15, -0.1) is 0 Å². The summed E-state index contributed by atoms with van der Waals surface area (Å²) in [6.45, 7) is 3.25. The largest absolute Gasteiger partial charge is 0.360 e. The van der Waals surface area contributed by atoms with Crippen LogP contribution in [0.25, 0.3) is 0 Å². The van der Waals surface area contributed by atoms with Crippen LogP contribution in [-0.4, -0.2) is 34.8 Å². The predicted molar refractivity (Wildman–Crippen MR) is 84.1 cm³/mol. The molecule has 5 heteroatoms. The van der Waals surface area contributed by atoms with Crippen molar-refractivity contribution in [3.63, 3.8) is 0 Å². The summed E-state index contributed by atoms with van der Waals surface area (Å²) >= 11 is 0. The lowest BCUT2D eigenvalue weighted by atomic mass is 9.60. The van der Waals surface area contributed by atoms with Crippen LogP contribution in [-0.2, 0) is 17.6 Å². The van der Waals surface area contributed by atoms with Crippen molar-refractivity contribution >= 4 is 11.7 Å².